The Hall–Kier alpha value is -2.66. The molecule has 0 radical (unpaired) electrons. The van der Waals surface area contributed by atoms with Crippen LogP contribution in [0, 0.1) is 6.92 Å². The van der Waals surface area contributed by atoms with Gasteiger partial charge in [0.1, 0.15) is 6.10 Å². The van der Waals surface area contributed by atoms with Gasteiger partial charge in [-0.2, -0.15) is 0 Å². The molecule has 3 rings (SSSR count). The molecule has 0 unspecified atom stereocenters. The van der Waals surface area contributed by atoms with Gasteiger partial charge in [-0.05, 0) is 36.1 Å². The fraction of sp³-hybridized carbons (Fsp3) is 0.417. The van der Waals surface area contributed by atoms with Gasteiger partial charge < -0.3 is 13.9 Å². The van der Waals surface area contributed by atoms with E-state index in [0.717, 1.165) is 28.7 Å². The van der Waals surface area contributed by atoms with Crippen LogP contribution < -0.4 is 0 Å². The minimum absolute atomic E-state index is 0.0572. The van der Waals surface area contributed by atoms with Crippen molar-refractivity contribution in [1.82, 2.24) is 0 Å². The maximum Gasteiger partial charge on any atom is 0.306 e. The monoisotopic (exact) mass is 396 g/mol. The number of allylic oxidation sites excluding steroid dienone is 1. The first kappa shape index (κ1) is 21.1. The Kier molecular flexibility index (Phi) is 7.42. The molecule has 5 heteroatoms. The van der Waals surface area contributed by atoms with Gasteiger partial charge in [0.2, 0.25) is 0 Å². The topological polar surface area (TPSA) is 65.7 Å². The van der Waals surface area contributed by atoms with Gasteiger partial charge in [-0.15, -0.1) is 0 Å². The summed E-state index contributed by atoms with van der Waals surface area (Å²) in [6.45, 7) is 5.37. The van der Waals surface area contributed by atoms with E-state index in [1.165, 1.54) is 0 Å². The van der Waals surface area contributed by atoms with Crippen molar-refractivity contribution < 1.29 is 23.5 Å². The Labute approximate surface area is 171 Å². The van der Waals surface area contributed by atoms with Gasteiger partial charge in [0.15, 0.2) is 11.5 Å². The Morgan fingerprint density at radius 3 is 2.66 bits per heavy atom. The molecule has 0 saturated carbocycles. The number of furan rings is 1. The number of aryl methyl sites for hydroxylation is 1. The summed E-state index contributed by atoms with van der Waals surface area (Å²) in [5, 5.41) is 0. The van der Waals surface area contributed by atoms with E-state index in [1.807, 2.05) is 12.1 Å². The Balaban J connectivity index is 1.62. The molecule has 0 bridgehead atoms. The van der Waals surface area contributed by atoms with Crippen LogP contribution in [0.15, 0.2) is 47.1 Å². The van der Waals surface area contributed by atoms with Crippen molar-refractivity contribution in [2.75, 3.05) is 13.2 Å². The first-order valence-corrected chi connectivity index (χ1v) is 10.2. The van der Waals surface area contributed by atoms with Crippen LogP contribution >= 0.6 is 0 Å². The number of hydrogen-bond acceptors (Lipinski definition) is 5. The van der Waals surface area contributed by atoms with Crippen LogP contribution in [0.3, 0.4) is 0 Å². The predicted octanol–water partition coefficient (Wildman–Crippen LogP) is 5.11. The number of hydrogen-bond donors (Lipinski definition) is 0. The smallest absolute Gasteiger partial charge is 0.306 e. The molecule has 0 spiro atoms. The summed E-state index contributed by atoms with van der Waals surface area (Å²) in [7, 11) is 0. The highest BCUT2D eigenvalue weighted by Crippen LogP contribution is 2.28. The van der Waals surface area contributed by atoms with Crippen LogP contribution in [0.5, 0.6) is 0 Å². The summed E-state index contributed by atoms with van der Waals surface area (Å²) in [6.07, 6.45) is 6.08. The van der Waals surface area contributed by atoms with Crippen LogP contribution in [-0.2, 0) is 14.3 Å². The zero-order chi connectivity index (χ0) is 20.6. The molecule has 0 atom stereocenters. The van der Waals surface area contributed by atoms with Crippen LogP contribution in [0.25, 0.3) is 5.57 Å². The maximum absolute atomic E-state index is 12.5. The lowest BCUT2D eigenvalue weighted by Crippen LogP contribution is -2.26. The molecule has 0 N–H and O–H groups in total. The van der Waals surface area contributed by atoms with Gasteiger partial charge in [0.25, 0.3) is 0 Å². The van der Waals surface area contributed by atoms with Gasteiger partial charge in [0, 0.05) is 24.8 Å². The summed E-state index contributed by atoms with van der Waals surface area (Å²) in [6, 6.07) is 9.90. The lowest BCUT2D eigenvalue weighted by molar-refractivity contribution is -0.153. The van der Waals surface area contributed by atoms with Crippen molar-refractivity contribution in [3.63, 3.8) is 0 Å². The van der Waals surface area contributed by atoms with Crippen molar-refractivity contribution in [2.45, 2.75) is 52.1 Å². The number of carbonyl (C=O) groups is 2. The summed E-state index contributed by atoms with van der Waals surface area (Å²) in [5.74, 6) is -0.265. The normalized spacial score (nSPS) is 15.3. The number of rotatable bonds is 8. The van der Waals surface area contributed by atoms with Crippen molar-refractivity contribution in [1.29, 1.82) is 0 Å². The number of benzene rings is 1. The van der Waals surface area contributed by atoms with Crippen LogP contribution in [-0.4, -0.2) is 31.1 Å². The van der Waals surface area contributed by atoms with Crippen molar-refractivity contribution in [3.8, 4) is 0 Å². The van der Waals surface area contributed by atoms with Crippen LogP contribution in [0.4, 0.5) is 0 Å². The third-order valence-electron chi connectivity index (χ3n) is 5.05. The average Bonchev–Trinajstić information content (AvgIpc) is 3.22. The van der Waals surface area contributed by atoms with E-state index in [2.05, 4.69) is 32.1 Å². The largest absolute Gasteiger partial charge is 0.462 e. The maximum atomic E-state index is 12.5. The number of ether oxygens (including phenoxy) is 2. The lowest BCUT2D eigenvalue weighted by Gasteiger charge is -2.22. The summed E-state index contributed by atoms with van der Waals surface area (Å²) in [5.41, 5.74) is 4.20. The molecule has 1 aromatic carbocycles. The number of carbonyl (C=O) groups excluding carboxylic acids is 2. The number of Topliss-reactive ketones (excluding diaryl/α,β-unsaturated/α-hetero) is 1. The van der Waals surface area contributed by atoms with Gasteiger partial charge in [-0.3, -0.25) is 9.59 Å². The van der Waals surface area contributed by atoms with E-state index in [1.54, 1.807) is 12.3 Å². The first-order chi connectivity index (χ1) is 14.1. The molecule has 1 aliphatic heterocycles. The molecule has 2 aromatic rings. The molecule has 1 aliphatic rings. The molecule has 0 amide bonds. The lowest BCUT2D eigenvalue weighted by atomic mass is 9.95. The second-order valence-corrected chi connectivity index (χ2v) is 7.27. The fourth-order valence-electron chi connectivity index (χ4n) is 3.46. The van der Waals surface area contributed by atoms with E-state index in [4.69, 9.17) is 13.9 Å². The zero-order valence-electron chi connectivity index (χ0n) is 17.1. The van der Waals surface area contributed by atoms with E-state index in [9.17, 15) is 9.59 Å². The van der Waals surface area contributed by atoms with E-state index in [-0.39, 0.29) is 36.5 Å². The Morgan fingerprint density at radius 2 is 1.93 bits per heavy atom. The highest BCUT2D eigenvalue weighted by Gasteiger charge is 2.20. The highest BCUT2D eigenvalue weighted by atomic mass is 16.6. The molecule has 1 aromatic heterocycles. The van der Waals surface area contributed by atoms with E-state index in [0.29, 0.717) is 26.1 Å². The Bertz CT molecular complexity index is 871. The minimum atomic E-state index is -0.344. The number of ketones is 1. The molecule has 29 heavy (non-hydrogen) atoms. The third-order valence-corrected chi connectivity index (χ3v) is 5.05. The molecular weight excluding hydrogens is 368 g/mol. The van der Waals surface area contributed by atoms with Crippen LogP contribution in [0.2, 0.25) is 0 Å². The van der Waals surface area contributed by atoms with Gasteiger partial charge in [0.05, 0.1) is 25.9 Å². The second-order valence-electron chi connectivity index (χ2n) is 7.27. The van der Waals surface area contributed by atoms with Crippen molar-refractivity contribution in [2.24, 2.45) is 0 Å². The van der Waals surface area contributed by atoms with Crippen molar-refractivity contribution >= 4 is 17.3 Å². The van der Waals surface area contributed by atoms with E-state index >= 15 is 0 Å². The van der Waals surface area contributed by atoms with Gasteiger partial charge in [-0.25, -0.2) is 0 Å². The molecule has 1 saturated heterocycles. The summed E-state index contributed by atoms with van der Waals surface area (Å²) >= 11 is 0. The molecule has 154 valence electrons. The van der Waals surface area contributed by atoms with Crippen LogP contribution in [0.1, 0.15) is 66.3 Å². The zero-order valence-corrected chi connectivity index (χ0v) is 17.1. The van der Waals surface area contributed by atoms with Crippen molar-refractivity contribution in [3.05, 3.63) is 65.1 Å². The standard InChI is InChI=1S/C24H28O5/c1-3-6-21(20-8-5-4-7-17(20)2)18-15-23(28-16-18)22(25)9-10-24(26)29-19-11-13-27-14-12-19/h4-8,15-16,19H,3,9-14H2,1-2H3/b21-6-. The number of esters is 1. The van der Waals surface area contributed by atoms with Gasteiger partial charge in [-0.1, -0.05) is 37.3 Å². The predicted molar refractivity (Wildman–Crippen MR) is 111 cm³/mol. The highest BCUT2D eigenvalue weighted by molar-refractivity contribution is 5.96. The molecule has 1 fully saturated rings. The summed E-state index contributed by atoms with van der Waals surface area (Å²) < 4.78 is 16.2. The molecule has 5 nitrogen and oxygen atoms in total. The SMILES string of the molecule is CC/C=C(/c1coc(C(=O)CCC(=O)OC2CCOCC2)c1)c1ccccc1C. The first-order valence-electron chi connectivity index (χ1n) is 10.2. The molecule has 2 heterocycles. The van der Waals surface area contributed by atoms with E-state index < -0.39 is 0 Å². The molecule has 0 aliphatic carbocycles. The Morgan fingerprint density at radius 1 is 1.17 bits per heavy atom. The minimum Gasteiger partial charge on any atom is -0.462 e. The quantitative estimate of drug-likeness (QED) is 0.458. The fourth-order valence-corrected chi connectivity index (χ4v) is 3.46. The third kappa shape index (κ3) is 5.67. The molecular formula is C24H28O5. The second kappa shape index (κ2) is 10.2. The average molecular weight is 396 g/mol. The summed E-state index contributed by atoms with van der Waals surface area (Å²) in [4.78, 5) is 24.5. The van der Waals surface area contributed by atoms with Gasteiger partial charge >= 0.3 is 5.97 Å².